The minimum atomic E-state index is 0.203. The van der Waals surface area contributed by atoms with Crippen LogP contribution in [0.2, 0.25) is 0 Å². The minimum absolute atomic E-state index is 0.203. The summed E-state index contributed by atoms with van der Waals surface area (Å²) in [5.41, 5.74) is 1.09. The SMILES string of the molecule is CCCc1cc(N2CCC(C)C2CO)ncn1. The lowest BCUT2D eigenvalue weighted by Gasteiger charge is -2.26. The number of aryl methyl sites for hydroxylation is 1. The molecule has 2 rings (SSSR count). The second-order valence-electron chi connectivity index (χ2n) is 4.83. The fourth-order valence-electron chi connectivity index (χ4n) is 2.51. The van der Waals surface area contributed by atoms with Gasteiger partial charge in [-0.3, -0.25) is 0 Å². The normalized spacial score (nSPS) is 24.3. The molecule has 1 N–H and O–H groups in total. The molecule has 1 aromatic rings. The van der Waals surface area contributed by atoms with E-state index in [0.29, 0.717) is 5.92 Å². The second kappa shape index (κ2) is 5.45. The summed E-state index contributed by atoms with van der Waals surface area (Å²) < 4.78 is 0. The van der Waals surface area contributed by atoms with Crippen LogP contribution >= 0.6 is 0 Å². The average molecular weight is 235 g/mol. The number of anilines is 1. The molecule has 2 heterocycles. The summed E-state index contributed by atoms with van der Waals surface area (Å²) in [5.74, 6) is 1.50. The molecule has 94 valence electrons. The molecule has 1 aromatic heterocycles. The molecular formula is C13H21N3O. The molecule has 4 heteroatoms. The summed E-state index contributed by atoms with van der Waals surface area (Å²) >= 11 is 0. The molecule has 4 nitrogen and oxygen atoms in total. The van der Waals surface area contributed by atoms with E-state index >= 15 is 0 Å². The Bertz CT molecular complexity index is 369. The predicted molar refractivity (Wildman–Crippen MR) is 68.0 cm³/mol. The molecule has 0 aromatic carbocycles. The molecule has 1 fully saturated rings. The van der Waals surface area contributed by atoms with Gasteiger partial charge in [-0.15, -0.1) is 0 Å². The fraction of sp³-hybridized carbons (Fsp3) is 0.692. The smallest absolute Gasteiger partial charge is 0.132 e. The molecule has 1 aliphatic rings. The highest BCUT2D eigenvalue weighted by atomic mass is 16.3. The highest BCUT2D eigenvalue weighted by molar-refractivity contribution is 5.42. The molecule has 1 aliphatic heterocycles. The van der Waals surface area contributed by atoms with Gasteiger partial charge in [0.15, 0.2) is 0 Å². The molecule has 2 atom stereocenters. The lowest BCUT2D eigenvalue weighted by atomic mass is 10.0. The summed E-state index contributed by atoms with van der Waals surface area (Å²) in [7, 11) is 0. The molecule has 17 heavy (non-hydrogen) atoms. The highest BCUT2D eigenvalue weighted by Crippen LogP contribution is 2.28. The van der Waals surface area contributed by atoms with Crippen molar-refractivity contribution in [2.24, 2.45) is 5.92 Å². The van der Waals surface area contributed by atoms with Gasteiger partial charge in [-0.05, 0) is 18.8 Å². The third-order valence-corrected chi connectivity index (χ3v) is 3.58. The van der Waals surface area contributed by atoms with Crippen LogP contribution in [0.4, 0.5) is 5.82 Å². The number of rotatable bonds is 4. The monoisotopic (exact) mass is 235 g/mol. The van der Waals surface area contributed by atoms with Crippen LogP contribution in [0, 0.1) is 5.92 Å². The fourth-order valence-corrected chi connectivity index (χ4v) is 2.51. The number of hydrogen-bond donors (Lipinski definition) is 1. The van der Waals surface area contributed by atoms with Gasteiger partial charge in [0.05, 0.1) is 12.6 Å². The Morgan fingerprint density at radius 1 is 1.47 bits per heavy atom. The van der Waals surface area contributed by atoms with Gasteiger partial charge in [-0.25, -0.2) is 9.97 Å². The molecule has 0 aliphatic carbocycles. The van der Waals surface area contributed by atoms with Crippen molar-refractivity contribution in [1.82, 2.24) is 9.97 Å². The van der Waals surface area contributed by atoms with E-state index in [-0.39, 0.29) is 12.6 Å². The first-order valence-electron chi connectivity index (χ1n) is 6.44. The van der Waals surface area contributed by atoms with Crippen LogP contribution in [0.1, 0.15) is 32.4 Å². The number of aliphatic hydroxyl groups excluding tert-OH is 1. The lowest BCUT2D eigenvalue weighted by Crippen LogP contribution is -2.35. The van der Waals surface area contributed by atoms with Gasteiger partial charge in [0, 0.05) is 18.3 Å². The Hall–Kier alpha value is -1.16. The Labute approximate surface area is 103 Å². The zero-order valence-corrected chi connectivity index (χ0v) is 10.6. The Morgan fingerprint density at radius 2 is 2.29 bits per heavy atom. The third-order valence-electron chi connectivity index (χ3n) is 3.58. The van der Waals surface area contributed by atoms with Crippen LogP contribution in [0.15, 0.2) is 12.4 Å². The summed E-state index contributed by atoms with van der Waals surface area (Å²) in [4.78, 5) is 10.8. The maximum absolute atomic E-state index is 9.46. The minimum Gasteiger partial charge on any atom is -0.394 e. The Kier molecular flexibility index (Phi) is 3.94. The molecule has 0 bridgehead atoms. The topological polar surface area (TPSA) is 49.2 Å². The van der Waals surface area contributed by atoms with Crippen LogP contribution in [0.5, 0.6) is 0 Å². The number of hydrogen-bond acceptors (Lipinski definition) is 4. The molecule has 0 radical (unpaired) electrons. The zero-order chi connectivity index (χ0) is 12.3. The van der Waals surface area contributed by atoms with E-state index in [2.05, 4.69) is 34.8 Å². The van der Waals surface area contributed by atoms with Gasteiger partial charge in [-0.2, -0.15) is 0 Å². The van der Waals surface area contributed by atoms with Crippen LogP contribution < -0.4 is 4.90 Å². The van der Waals surface area contributed by atoms with E-state index in [1.807, 2.05) is 0 Å². The molecule has 2 unspecified atom stereocenters. The van der Waals surface area contributed by atoms with E-state index in [1.54, 1.807) is 6.33 Å². The maximum atomic E-state index is 9.46. The largest absolute Gasteiger partial charge is 0.394 e. The van der Waals surface area contributed by atoms with E-state index in [9.17, 15) is 5.11 Å². The first kappa shape index (κ1) is 12.3. The van der Waals surface area contributed by atoms with Crippen LogP contribution in [-0.4, -0.2) is 34.3 Å². The maximum Gasteiger partial charge on any atom is 0.132 e. The van der Waals surface area contributed by atoms with Gasteiger partial charge < -0.3 is 10.0 Å². The van der Waals surface area contributed by atoms with Crippen molar-refractivity contribution in [2.75, 3.05) is 18.1 Å². The van der Waals surface area contributed by atoms with E-state index in [1.165, 1.54) is 0 Å². The second-order valence-corrected chi connectivity index (χ2v) is 4.83. The van der Waals surface area contributed by atoms with Gasteiger partial charge in [0.2, 0.25) is 0 Å². The quantitative estimate of drug-likeness (QED) is 0.862. The van der Waals surface area contributed by atoms with Crippen molar-refractivity contribution >= 4 is 5.82 Å². The molecular weight excluding hydrogens is 214 g/mol. The predicted octanol–water partition coefficient (Wildman–Crippen LogP) is 1.64. The summed E-state index contributed by atoms with van der Waals surface area (Å²) in [6.45, 7) is 5.52. The standard InChI is InChI=1S/C13H21N3O/c1-3-4-11-7-13(15-9-14-11)16-6-5-10(2)12(16)8-17/h7,9-10,12,17H,3-6,8H2,1-2H3. The van der Waals surface area contributed by atoms with Crippen molar-refractivity contribution in [1.29, 1.82) is 0 Å². The summed E-state index contributed by atoms with van der Waals surface area (Å²) in [6, 6.07) is 2.27. The summed E-state index contributed by atoms with van der Waals surface area (Å²) in [6.07, 6.45) is 4.84. The van der Waals surface area contributed by atoms with Crippen molar-refractivity contribution in [3.8, 4) is 0 Å². The van der Waals surface area contributed by atoms with E-state index < -0.39 is 0 Å². The zero-order valence-electron chi connectivity index (χ0n) is 10.6. The molecule has 0 amide bonds. The van der Waals surface area contributed by atoms with Crippen molar-refractivity contribution < 1.29 is 5.11 Å². The van der Waals surface area contributed by atoms with Crippen molar-refractivity contribution in [2.45, 2.75) is 39.2 Å². The number of nitrogens with zero attached hydrogens (tertiary/aromatic N) is 3. The average Bonchev–Trinajstić information content (AvgIpc) is 2.71. The van der Waals surface area contributed by atoms with Crippen molar-refractivity contribution in [3.63, 3.8) is 0 Å². The Morgan fingerprint density at radius 3 is 3.00 bits per heavy atom. The first-order valence-corrected chi connectivity index (χ1v) is 6.44. The molecule has 0 saturated carbocycles. The van der Waals surface area contributed by atoms with E-state index in [0.717, 1.165) is 37.3 Å². The van der Waals surface area contributed by atoms with Crippen LogP contribution in [-0.2, 0) is 6.42 Å². The third kappa shape index (κ3) is 2.57. The van der Waals surface area contributed by atoms with Crippen molar-refractivity contribution in [3.05, 3.63) is 18.1 Å². The van der Waals surface area contributed by atoms with Gasteiger partial charge >= 0.3 is 0 Å². The number of aliphatic hydroxyl groups is 1. The lowest BCUT2D eigenvalue weighted by molar-refractivity contribution is 0.244. The molecule has 1 saturated heterocycles. The highest BCUT2D eigenvalue weighted by Gasteiger charge is 2.31. The molecule has 0 spiro atoms. The van der Waals surface area contributed by atoms with Gasteiger partial charge in [0.1, 0.15) is 12.1 Å². The van der Waals surface area contributed by atoms with Crippen LogP contribution in [0.3, 0.4) is 0 Å². The number of aromatic nitrogens is 2. The van der Waals surface area contributed by atoms with E-state index in [4.69, 9.17) is 0 Å². The first-order chi connectivity index (χ1) is 8.26. The Balaban J connectivity index is 2.18. The summed E-state index contributed by atoms with van der Waals surface area (Å²) in [5, 5.41) is 9.46. The van der Waals surface area contributed by atoms with Gasteiger partial charge in [0.25, 0.3) is 0 Å². The van der Waals surface area contributed by atoms with Gasteiger partial charge in [-0.1, -0.05) is 20.3 Å². The van der Waals surface area contributed by atoms with Crippen LogP contribution in [0.25, 0.3) is 0 Å².